The molecule has 40 heavy (non-hydrogen) atoms. The van der Waals surface area contributed by atoms with Crippen molar-refractivity contribution in [2.24, 2.45) is 0 Å². The molecule has 1 unspecified atom stereocenters. The highest BCUT2D eigenvalue weighted by atomic mass is 32.2. The normalized spacial score (nSPS) is 16.5. The standard InChI is InChI=1S/C39H24S/c1-2-12-27(13-3-1)39-34-19-9-8-17-31(34)32-18-10-20-36(38(32)39)40-37-24-26(21-22-35(37)39)33-23-25-11-4-5-14-28(25)29-15-6-7-16-30(29)33/h1-24H. The van der Waals surface area contributed by atoms with Crippen LogP contribution in [0.3, 0.4) is 0 Å². The Hall–Kier alpha value is -4.59. The Bertz CT molecular complexity index is 2140. The molecule has 9 rings (SSSR count). The predicted molar refractivity (Wildman–Crippen MR) is 168 cm³/mol. The number of benzene rings is 7. The molecule has 1 aliphatic heterocycles. The predicted octanol–water partition coefficient (Wildman–Crippen LogP) is 10.5. The average Bonchev–Trinajstić information content (AvgIpc) is 3.34. The van der Waals surface area contributed by atoms with Gasteiger partial charge in [-0.15, -0.1) is 0 Å². The molecule has 2 aliphatic rings. The van der Waals surface area contributed by atoms with Gasteiger partial charge >= 0.3 is 0 Å². The minimum absolute atomic E-state index is 0.325. The van der Waals surface area contributed by atoms with Crippen LogP contribution < -0.4 is 0 Å². The summed E-state index contributed by atoms with van der Waals surface area (Å²) < 4.78 is 0. The minimum Gasteiger partial charge on any atom is -0.0894 e. The van der Waals surface area contributed by atoms with Crippen LogP contribution in [0.5, 0.6) is 0 Å². The van der Waals surface area contributed by atoms with Crippen molar-refractivity contribution in [3.63, 3.8) is 0 Å². The zero-order valence-electron chi connectivity index (χ0n) is 21.8. The van der Waals surface area contributed by atoms with Crippen LogP contribution in [0.4, 0.5) is 0 Å². The second-order valence-electron chi connectivity index (χ2n) is 10.8. The monoisotopic (exact) mass is 524 g/mol. The summed E-state index contributed by atoms with van der Waals surface area (Å²) in [5, 5.41) is 5.19. The van der Waals surface area contributed by atoms with Crippen LogP contribution in [0.2, 0.25) is 0 Å². The van der Waals surface area contributed by atoms with E-state index in [9.17, 15) is 0 Å². The van der Waals surface area contributed by atoms with Crippen LogP contribution in [0, 0.1) is 0 Å². The Kier molecular flexibility index (Phi) is 4.57. The first-order valence-electron chi connectivity index (χ1n) is 13.9. The van der Waals surface area contributed by atoms with E-state index >= 15 is 0 Å². The van der Waals surface area contributed by atoms with Crippen LogP contribution >= 0.6 is 11.8 Å². The van der Waals surface area contributed by atoms with Gasteiger partial charge in [0.2, 0.25) is 0 Å². The maximum Gasteiger partial charge on any atom is 0.0735 e. The van der Waals surface area contributed by atoms with Crippen LogP contribution in [0.15, 0.2) is 155 Å². The quantitative estimate of drug-likeness (QED) is 0.203. The van der Waals surface area contributed by atoms with E-state index in [-0.39, 0.29) is 5.41 Å². The van der Waals surface area contributed by atoms with E-state index in [1.807, 2.05) is 11.8 Å². The molecule has 1 heteroatoms. The number of fused-ring (bicyclic) bond motifs is 8. The molecular formula is C39H24S. The topological polar surface area (TPSA) is 0 Å². The lowest BCUT2D eigenvalue weighted by molar-refractivity contribution is 0.725. The van der Waals surface area contributed by atoms with Crippen LogP contribution in [0.1, 0.15) is 22.3 Å². The first kappa shape index (κ1) is 22.2. The van der Waals surface area contributed by atoms with Gasteiger partial charge in [-0.2, -0.15) is 0 Å². The summed E-state index contributed by atoms with van der Waals surface area (Å²) in [6, 6.07) is 54.1. The van der Waals surface area contributed by atoms with E-state index in [0.717, 1.165) is 0 Å². The Morgan fingerprint density at radius 1 is 0.425 bits per heavy atom. The van der Waals surface area contributed by atoms with Gasteiger partial charge in [0.25, 0.3) is 0 Å². The van der Waals surface area contributed by atoms with Gasteiger partial charge in [-0.3, -0.25) is 0 Å². The summed E-state index contributed by atoms with van der Waals surface area (Å²) in [6.07, 6.45) is 0. The molecule has 7 aromatic rings. The van der Waals surface area contributed by atoms with Crippen molar-refractivity contribution in [3.8, 4) is 22.3 Å². The van der Waals surface area contributed by atoms with E-state index in [0.29, 0.717) is 0 Å². The Morgan fingerprint density at radius 3 is 2.05 bits per heavy atom. The third kappa shape index (κ3) is 2.83. The summed E-state index contributed by atoms with van der Waals surface area (Å²) >= 11 is 1.92. The van der Waals surface area contributed by atoms with Gasteiger partial charge in [-0.05, 0) is 84.3 Å². The highest BCUT2D eigenvalue weighted by Crippen LogP contribution is 2.63. The van der Waals surface area contributed by atoms with Crippen molar-refractivity contribution in [1.82, 2.24) is 0 Å². The lowest BCUT2D eigenvalue weighted by atomic mass is 9.67. The van der Waals surface area contributed by atoms with E-state index in [2.05, 4.69) is 146 Å². The third-order valence-corrected chi connectivity index (χ3v) is 10.0. The van der Waals surface area contributed by atoms with Crippen molar-refractivity contribution in [2.45, 2.75) is 15.2 Å². The summed E-state index contributed by atoms with van der Waals surface area (Å²) in [7, 11) is 0. The third-order valence-electron chi connectivity index (χ3n) is 8.91. The summed E-state index contributed by atoms with van der Waals surface area (Å²) in [4.78, 5) is 2.69. The van der Waals surface area contributed by atoms with Gasteiger partial charge in [-0.25, -0.2) is 0 Å². The lowest BCUT2D eigenvalue weighted by Crippen LogP contribution is -2.31. The van der Waals surface area contributed by atoms with Gasteiger partial charge in [-0.1, -0.05) is 139 Å². The molecule has 7 aromatic carbocycles. The first-order chi connectivity index (χ1) is 19.8. The zero-order valence-corrected chi connectivity index (χ0v) is 22.6. The number of hydrogen-bond acceptors (Lipinski definition) is 1. The van der Waals surface area contributed by atoms with Gasteiger partial charge in [0.1, 0.15) is 0 Å². The Labute approximate surface area is 237 Å². The summed E-state index contributed by atoms with van der Waals surface area (Å²) in [5.41, 5.74) is 10.5. The zero-order chi connectivity index (χ0) is 26.3. The van der Waals surface area contributed by atoms with Crippen molar-refractivity contribution in [2.75, 3.05) is 0 Å². The van der Waals surface area contributed by atoms with Crippen LogP contribution in [0.25, 0.3) is 43.8 Å². The molecule has 1 heterocycles. The highest BCUT2D eigenvalue weighted by Gasteiger charge is 2.50. The number of rotatable bonds is 2. The molecule has 0 aromatic heterocycles. The van der Waals surface area contributed by atoms with Crippen LogP contribution in [-0.2, 0) is 5.41 Å². The fourth-order valence-corrected chi connectivity index (χ4v) is 8.59. The number of hydrogen-bond donors (Lipinski definition) is 0. The molecule has 1 aliphatic carbocycles. The van der Waals surface area contributed by atoms with E-state index in [4.69, 9.17) is 0 Å². The SMILES string of the molecule is c1ccc(C23c4ccc(-c5cc6ccccc6c6ccccc56)cc4Sc4cccc(c42)-c2ccccc23)cc1. The Morgan fingerprint density at radius 2 is 1.15 bits per heavy atom. The molecule has 186 valence electrons. The highest BCUT2D eigenvalue weighted by molar-refractivity contribution is 7.99. The molecule has 0 saturated carbocycles. The van der Waals surface area contributed by atoms with E-state index in [1.54, 1.807) is 0 Å². The van der Waals surface area contributed by atoms with Crippen molar-refractivity contribution >= 4 is 33.3 Å². The summed E-state index contributed by atoms with van der Waals surface area (Å²) in [6.45, 7) is 0. The maximum atomic E-state index is 2.44. The minimum atomic E-state index is -0.325. The molecule has 0 nitrogen and oxygen atoms in total. The maximum absolute atomic E-state index is 2.44. The second kappa shape index (κ2) is 8.21. The molecular weight excluding hydrogens is 500 g/mol. The van der Waals surface area contributed by atoms with Crippen molar-refractivity contribution in [3.05, 3.63) is 168 Å². The largest absolute Gasteiger partial charge is 0.0894 e. The van der Waals surface area contributed by atoms with Gasteiger partial charge < -0.3 is 0 Å². The molecule has 0 fully saturated rings. The first-order valence-corrected chi connectivity index (χ1v) is 14.7. The Balaban J connectivity index is 1.36. The molecule has 0 spiro atoms. The molecule has 0 N–H and O–H groups in total. The fourth-order valence-electron chi connectivity index (χ4n) is 7.33. The molecule has 0 radical (unpaired) electrons. The lowest BCUT2D eigenvalue weighted by Gasteiger charge is -2.39. The smallest absolute Gasteiger partial charge is 0.0735 e. The van der Waals surface area contributed by atoms with Crippen molar-refractivity contribution < 1.29 is 0 Å². The van der Waals surface area contributed by atoms with Crippen molar-refractivity contribution in [1.29, 1.82) is 0 Å². The fraction of sp³-hybridized carbons (Fsp3) is 0.0256. The van der Waals surface area contributed by atoms with Gasteiger partial charge in [0.05, 0.1) is 5.41 Å². The molecule has 1 atom stereocenters. The molecule has 0 bridgehead atoms. The van der Waals surface area contributed by atoms with E-state index < -0.39 is 0 Å². The molecule has 0 amide bonds. The van der Waals surface area contributed by atoms with Crippen LogP contribution in [-0.4, -0.2) is 0 Å². The second-order valence-corrected chi connectivity index (χ2v) is 11.9. The summed E-state index contributed by atoms with van der Waals surface area (Å²) in [5.74, 6) is 0. The average molecular weight is 525 g/mol. The van der Waals surface area contributed by atoms with E-state index in [1.165, 1.54) is 75.8 Å². The van der Waals surface area contributed by atoms with Gasteiger partial charge in [0, 0.05) is 9.79 Å². The van der Waals surface area contributed by atoms with Gasteiger partial charge in [0.15, 0.2) is 0 Å². The molecule has 0 saturated heterocycles.